The van der Waals surface area contributed by atoms with E-state index in [2.05, 4.69) is 5.16 Å². The van der Waals surface area contributed by atoms with Gasteiger partial charge < -0.3 is 4.84 Å². The number of benzene rings is 2. The number of fused-ring (bicyclic) bond motifs is 1. The van der Waals surface area contributed by atoms with Crippen molar-refractivity contribution in [2.75, 3.05) is 6.54 Å². The summed E-state index contributed by atoms with van der Waals surface area (Å²) in [5.74, 6) is -0.599. The fourth-order valence-electron chi connectivity index (χ4n) is 3.09. The Morgan fingerprint density at radius 1 is 1.22 bits per heavy atom. The number of sulfonamides is 1. The van der Waals surface area contributed by atoms with Gasteiger partial charge in [-0.25, -0.2) is 12.7 Å². The summed E-state index contributed by atoms with van der Waals surface area (Å²) in [4.78, 5) is 28.1. The second-order valence-corrected chi connectivity index (χ2v) is 7.95. The minimum absolute atomic E-state index is 0.0205. The molecule has 10 heteroatoms. The Morgan fingerprint density at radius 2 is 2.00 bits per heavy atom. The zero-order valence-corrected chi connectivity index (χ0v) is 14.6. The van der Waals surface area contributed by atoms with Crippen LogP contribution in [0.25, 0.3) is 0 Å². The Kier molecular flexibility index (Phi) is 3.92. The van der Waals surface area contributed by atoms with E-state index in [0.717, 1.165) is 4.31 Å². The maximum absolute atomic E-state index is 12.6. The van der Waals surface area contributed by atoms with Gasteiger partial charge >= 0.3 is 0 Å². The van der Waals surface area contributed by atoms with Crippen LogP contribution in [0.3, 0.4) is 0 Å². The van der Waals surface area contributed by atoms with Crippen LogP contribution in [-0.4, -0.2) is 41.9 Å². The largest absolute Gasteiger partial charge is 0.390 e. The van der Waals surface area contributed by atoms with E-state index < -0.39 is 27.0 Å². The number of rotatable bonds is 4. The van der Waals surface area contributed by atoms with Gasteiger partial charge in [-0.1, -0.05) is 29.4 Å². The molecule has 138 valence electrons. The molecule has 0 bridgehead atoms. The van der Waals surface area contributed by atoms with Gasteiger partial charge in [-0.05, 0) is 12.1 Å². The van der Waals surface area contributed by atoms with Gasteiger partial charge in [-0.2, -0.15) is 0 Å². The number of oxime groups is 1. The molecule has 27 heavy (non-hydrogen) atoms. The number of amides is 1. The lowest BCUT2D eigenvalue weighted by molar-refractivity contribution is -0.384. The highest BCUT2D eigenvalue weighted by Crippen LogP contribution is 2.31. The van der Waals surface area contributed by atoms with Crippen LogP contribution in [0.2, 0.25) is 0 Å². The zero-order valence-electron chi connectivity index (χ0n) is 13.8. The molecule has 4 rings (SSSR count). The van der Waals surface area contributed by atoms with E-state index >= 15 is 0 Å². The first-order valence-corrected chi connectivity index (χ1v) is 9.45. The van der Waals surface area contributed by atoms with Gasteiger partial charge in [-0.3, -0.25) is 14.9 Å². The Bertz CT molecular complexity index is 1100. The Balaban J connectivity index is 1.51. The van der Waals surface area contributed by atoms with E-state index in [1.807, 2.05) is 0 Å². The number of carbonyl (C=O) groups is 1. The molecule has 0 radical (unpaired) electrons. The number of nitrogens with zero attached hydrogens (tertiary/aromatic N) is 3. The molecule has 2 aliphatic heterocycles. The van der Waals surface area contributed by atoms with E-state index in [9.17, 15) is 23.3 Å². The lowest BCUT2D eigenvalue weighted by atomic mass is 10.0. The van der Waals surface area contributed by atoms with Gasteiger partial charge in [0.25, 0.3) is 21.6 Å². The number of hydrogen-bond acceptors (Lipinski definition) is 7. The number of non-ortho nitro benzene ring substituents is 1. The number of nitro benzene ring substituents is 1. The van der Waals surface area contributed by atoms with Crippen LogP contribution in [0.4, 0.5) is 5.69 Å². The third-order valence-electron chi connectivity index (χ3n) is 4.40. The minimum atomic E-state index is -3.92. The molecule has 0 fully saturated rings. The monoisotopic (exact) mass is 387 g/mol. The molecule has 1 unspecified atom stereocenters. The third kappa shape index (κ3) is 2.83. The Labute approximate surface area is 154 Å². The first-order valence-electron chi connectivity index (χ1n) is 8.01. The predicted molar refractivity (Wildman–Crippen MR) is 93.8 cm³/mol. The summed E-state index contributed by atoms with van der Waals surface area (Å²) >= 11 is 0. The van der Waals surface area contributed by atoms with Crippen LogP contribution in [0.5, 0.6) is 0 Å². The average Bonchev–Trinajstić information content (AvgIpc) is 3.20. The second-order valence-electron chi connectivity index (χ2n) is 6.11. The first kappa shape index (κ1) is 17.2. The van der Waals surface area contributed by atoms with Crippen molar-refractivity contribution in [2.24, 2.45) is 5.16 Å². The molecule has 2 aliphatic rings. The summed E-state index contributed by atoms with van der Waals surface area (Å²) in [6.07, 6.45) is -0.427. The Hall–Kier alpha value is -3.27. The molecule has 0 saturated heterocycles. The SMILES string of the molecule is O=C1c2ccccc2S(=O)(=O)N1CC1CC(c2cccc([N+](=O)[O-])c2)=NO1. The smallest absolute Gasteiger partial charge is 0.270 e. The molecule has 1 amide bonds. The molecule has 2 aromatic carbocycles. The highest BCUT2D eigenvalue weighted by Gasteiger charge is 2.43. The van der Waals surface area contributed by atoms with Crippen LogP contribution < -0.4 is 0 Å². The van der Waals surface area contributed by atoms with Crippen molar-refractivity contribution in [1.29, 1.82) is 0 Å². The minimum Gasteiger partial charge on any atom is -0.390 e. The third-order valence-corrected chi connectivity index (χ3v) is 6.21. The molecular formula is C17H13N3O6S. The van der Waals surface area contributed by atoms with Gasteiger partial charge in [0.15, 0.2) is 6.10 Å². The van der Waals surface area contributed by atoms with E-state index in [4.69, 9.17) is 4.84 Å². The summed E-state index contributed by atoms with van der Waals surface area (Å²) in [7, 11) is -3.92. The predicted octanol–water partition coefficient (Wildman–Crippen LogP) is 1.93. The first-order chi connectivity index (χ1) is 12.9. The average molecular weight is 387 g/mol. The summed E-state index contributed by atoms with van der Waals surface area (Å²) in [5.41, 5.74) is 1.04. The molecule has 1 atom stereocenters. The van der Waals surface area contributed by atoms with Gasteiger partial charge in [0.2, 0.25) is 0 Å². The quantitative estimate of drug-likeness (QED) is 0.584. The highest BCUT2D eigenvalue weighted by molar-refractivity contribution is 7.90. The van der Waals surface area contributed by atoms with Crippen molar-refractivity contribution in [3.63, 3.8) is 0 Å². The molecule has 0 aromatic heterocycles. The van der Waals surface area contributed by atoms with Crippen molar-refractivity contribution in [3.05, 3.63) is 69.8 Å². The molecule has 0 spiro atoms. The fraction of sp³-hybridized carbons (Fsp3) is 0.176. The molecule has 2 heterocycles. The highest BCUT2D eigenvalue weighted by atomic mass is 32.2. The molecule has 0 N–H and O–H groups in total. The summed E-state index contributed by atoms with van der Waals surface area (Å²) in [5, 5.41) is 14.8. The molecule has 2 aromatic rings. The lowest BCUT2D eigenvalue weighted by Gasteiger charge is -2.18. The second kappa shape index (κ2) is 6.16. The number of carbonyl (C=O) groups excluding carboxylic acids is 1. The summed E-state index contributed by atoms with van der Waals surface area (Å²) in [6, 6.07) is 12.0. The summed E-state index contributed by atoms with van der Waals surface area (Å²) in [6.45, 7) is -0.183. The molecule has 0 aliphatic carbocycles. The van der Waals surface area contributed by atoms with Crippen LogP contribution in [0.15, 0.2) is 58.6 Å². The Morgan fingerprint density at radius 3 is 2.74 bits per heavy atom. The molecular weight excluding hydrogens is 374 g/mol. The maximum atomic E-state index is 12.6. The van der Waals surface area contributed by atoms with E-state index in [1.54, 1.807) is 18.2 Å². The zero-order chi connectivity index (χ0) is 19.2. The van der Waals surface area contributed by atoms with Crippen molar-refractivity contribution >= 4 is 27.3 Å². The standard InChI is InChI=1S/C17H13N3O6S/c21-17-14-6-1-2-7-16(14)27(24,25)19(17)10-13-9-15(18-26-13)11-4-3-5-12(8-11)20(22)23/h1-8,13H,9-10H2. The normalized spacial score (nSPS) is 20.1. The van der Waals surface area contributed by atoms with E-state index in [1.165, 1.54) is 30.3 Å². The van der Waals surface area contributed by atoms with Crippen LogP contribution in [0.1, 0.15) is 22.3 Å². The van der Waals surface area contributed by atoms with Crippen LogP contribution in [-0.2, 0) is 14.9 Å². The van der Waals surface area contributed by atoms with E-state index in [-0.39, 0.29) is 29.1 Å². The molecule has 0 saturated carbocycles. The lowest BCUT2D eigenvalue weighted by Crippen LogP contribution is -2.37. The fourth-order valence-corrected chi connectivity index (χ4v) is 4.69. The van der Waals surface area contributed by atoms with Crippen molar-refractivity contribution in [2.45, 2.75) is 17.4 Å². The van der Waals surface area contributed by atoms with Crippen LogP contribution >= 0.6 is 0 Å². The molecule has 9 nitrogen and oxygen atoms in total. The number of nitro groups is 1. The van der Waals surface area contributed by atoms with E-state index in [0.29, 0.717) is 11.3 Å². The maximum Gasteiger partial charge on any atom is 0.270 e. The van der Waals surface area contributed by atoms with Crippen molar-refractivity contribution in [1.82, 2.24) is 4.31 Å². The van der Waals surface area contributed by atoms with Crippen molar-refractivity contribution < 1.29 is 23.0 Å². The van der Waals surface area contributed by atoms with Crippen LogP contribution in [0, 0.1) is 10.1 Å². The van der Waals surface area contributed by atoms with Gasteiger partial charge in [0, 0.05) is 24.1 Å². The van der Waals surface area contributed by atoms with Gasteiger partial charge in [0.1, 0.15) is 4.90 Å². The summed E-state index contributed by atoms with van der Waals surface area (Å²) < 4.78 is 26.0. The van der Waals surface area contributed by atoms with Gasteiger partial charge in [0.05, 0.1) is 22.7 Å². The topological polar surface area (TPSA) is 119 Å². The number of hydrogen-bond donors (Lipinski definition) is 0. The van der Waals surface area contributed by atoms with Gasteiger partial charge in [-0.15, -0.1) is 0 Å². The van der Waals surface area contributed by atoms with Crippen molar-refractivity contribution in [3.8, 4) is 0 Å².